The summed E-state index contributed by atoms with van der Waals surface area (Å²) in [7, 11) is 0. The molecule has 5 rings (SSSR count). The highest BCUT2D eigenvalue weighted by atomic mass is 32.1. The van der Waals surface area contributed by atoms with Crippen molar-refractivity contribution in [2.45, 2.75) is 39.6 Å². The van der Waals surface area contributed by atoms with Crippen LogP contribution in [0.25, 0.3) is 21.3 Å². The molecule has 42 heavy (non-hydrogen) atoms. The van der Waals surface area contributed by atoms with Gasteiger partial charge in [0.15, 0.2) is 12.4 Å². The third-order valence-corrected chi connectivity index (χ3v) is 7.66. The second-order valence-electron chi connectivity index (χ2n) is 9.96. The maximum absolute atomic E-state index is 13.8. The van der Waals surface area contributed by atoms with E-state index in [1.54, 1.807) is 30.5 Å². The lowest BCUT2D eigenvalue weighted by Gasteiger charge is -2.12. The fraction of sp³-hybridized carbons (Fsp3) is 0.200. The monoisotopic (exact) mass is 593 g/mol. The van der Waals surface area contributed by atoms with E-state index in [-0.39, 0.29) is 38.8 Å². The number of pyridine rings is 1. The van der Waals surface area contributed by atoms with Crippen molar-refractivity contribution in [1.29, 1.82) is 0 Å². The summed E-state index contributed by atoms with van der Waals surface area (Å²) in [6, 6.07) is 16.8. The fourth-order valence-electron chi connectivity index (χ4n) is 4.32. The molecular weight excluding hydrogens is 567 g/mol. The number of alkyl halides is 3. The van der Waals surface area contributed by atoms with Crippen LogP contribution in [-0.2, 0) is 12.9 Å². The number of anilines is 1. The Kier molecular flexibility index (Phi) is 7.74. The number of halogens is 3. The highest BCUT2D eigenvalue weighted by Crippen LogP contribution is 2.43. The number of nitrogens with one attached hydrogen (secondary N) is 1. The van der Waals surface area contributed by atoms with Gasteiger partial charge in [-0.15, -0.1) is 11.3 Å². The number of aryl methyl sites for hydroxylation is 1. The van der Waals surface area contributed by atoms with Gasteiger partial charge in [-0.2, -0.15) is 18.3 Å². The summed E-state index contributed by atoms with van der Waals surface area (Å²) in [4.78, 5) is 29.2. The Labute approximate surface area is 242 Å². The zero-order valence-corrected chi connectivity index (χ0v) is 23.6. The van der Waals surface area contributed by atoms with Gasteiger partial charge < -0.3 is 15.8 Å². The van der Waals surface area contributed by atoms with Crippen LogP contribution >= 0.6 is 11.3 Å². The summed E-state index contributed by atoms with van der Waals surface area (Å²) in [5.41, 5.74) is 7.11. The largest absolute Gasteiger partial charge is 0.471 e. The number of nitrogens with two attached hydrogens (primary N) is 1. The van der Waals surface area contributed by atoms with Gasteiger partial charge in [0, 0.05) is 11.6 Å². The van der Waals surface area contributed by atoms with Crippen molar-refractivity contribution in [2.24, 2.45) is 5.73 Å². The van der Waals surface area contributed by atoms with Crippen molar-refractivity contribution >= 4 is 39.1 Å². The number of ether oxygens (including phenoxy) is 1. The number of hydrogen-bond acceptors (Lipinski definition) is 6. The Morgan fingerprint density at radius 3 is 2.38 bits per heavy atom. The molecule has 3 aromatic heterocycles. The standard InChI is InChI=1S/C30H26F3N5O3S/c1-16(2)18-8-10-20(11-9-18)41-15-38-13-12-22(37-38)28(40)36-25-24-21(19-6-4-17(3)5-7-19)14-23(30(31,32)33)35-29(24)42-26(25)27(34)39/h4-14,16H,15H2,1-3H3,(H2,34,39)(H,36,40). The summed E-state index contributed by atoms with van der Waals surface area (Å²) in [5.74, 6) is -0.589. The molecule has 12 heteroatoms. The molecule has 216 valence electrons. The molecule has 0 atom stereocenters. The van der Waals surface area contributed by atoms with E-state index in [9.17, 15) is 22.8 Å². The average Bonchev–Trinajstić information content (AvgIpc) is 3.57. The number of hydrogen-bond donors (Lipinski definition) is 2. The lowest BCUT2D eigenvalue weighted by atomic mass is 10.00. The number of carbonyl (C=O) groups excluding carboxylic acids is 2. The highest BCUT2D eigenvalue weighted by molar-refractivity contribution is 7.21. The second-order valence-corrected chi connectivity index (χ2v) is 11.0. The molecular formula is C30H26F3N5O3S. The van der Waals surface area contributed by atoms with Crippen LogP contribution in [0.1, 0.15) is 56.7 Å². The molecule has 0 bridgehead atoms. The highest BCUT2D eigenvalue weighted by Gasteiger charge is 2.35. The zero-order valence-electron chi connectivity index (χ0n) is 22.8. The van der Waals surface area contributed by atoms with E-state index >= 15 is 0 Å². The third-order valence-electron chi connectivity index (χ3n) is 6.56. The number of amides is 2. The number of rotatable bonds is 8. The maximum Gasteiger partial charge on any atom is 0.433 e. The van der Waals surface area contributed by atoms with Crippen molar-refractivity contribution in [3.8, 4) is 16.9 Å². The summed E-state index contributed by atoms with van der Waals surface area (Å²) in [6.45, 7) is 6.07. The lowest BCUT2D eigenvalue weighted by molar-refractivity contribution is -0.140. The van der Waals surface area contributed by atoms with Gasteiger partial charge in [-0.1, -0.05) is 55.8 Å². The Morgan fingerprint density at radius 1 is 1.07 bits per heavy atom. The van der Waals surface area contributed by atoms with E-state index in [2.05, 4.69) is 29.2 Å². The summed E-state index contributed by atoms with van der Waals surface area (Å²) in [6.07, 6.45) is -3.19. The minimum absolute atomic E-state index is 0.000262. The zero-order chi connectivity index (χ0) is 30.2. The Morgan fingerprint density at radius 2 is 1.76 bits per heavy atom. The van der Waals surface area contributed by atoms with Crippen LogP contribution in [0.3, 0.4) is 0 Å². The van der Waals surface area contributed by atoms with E-state index in [0.717, 1.165) is 11.6 Å². The van der Waals surface area contributed by atoms with Crippen LogP contribution in [0.5, 0.6) is 5.75 Å². The molecule has 0 saturated carbocycles. The first kappa shape index (κ1) is 28.8. The van der Waals surface area contributed by atoms with Gasteiger partial charge in [0.1, 0.15) is 21.2 Å². The maximum atomic E-state index is 13.8. The third kappa shape index (κ3) is 5.98. The summed E-state index contributed by atoms with van der Waals surface area (Å²) in [5, 5.41) is 7.07. The van der Waals surface area contributed by atoms with Gasteiger partial charge in [0.05, 0.1) is 5.69 Å². The van der Waals surface area contributed by atoms with Gasteiger partial charge in [0.2, 0.25) is 0 Å². The molecule has 2 amide bonds. The van der Waals surface area contributed by atoms with Gasteiger partial charge in [-0.25, -0.2) is 9.67 Å². The Bertz CT molecular complexity index is 1780. The first-order chi connectivity index (χ1) is 19.9. The first-order valence-electron chi connectivity index (χ1n) is 12.9. The molecule has 0 saturated heterocycles. The fourth-order valence-corrected chi connectivity index (χ4v) is 5.33. The molecule has 0 aliphatic heterocycles. The minimum Gasteiger partial charge on any atom is -0.471 e. The van der Waals surface area contributed by atoms with Crippen LogP contribution < -0.4 is 15.8 Å². The SMILES string of the molecule is Cc1ccc(-c2cc(C(F)(F)F)nc3sc(C(N)=O)c(NC(=O)c4ccn(COc5ccc(C(C)C)cc5)n4)c23)cc1. The van der Waals surface area contributed by atoms with Gasteiger partial charge in [0.25, 0.3) is 11.8 Å². The predicted molar refractivity (Wildman–Crippen MR) is 155 cm³/mol. The molecule has 0 fully saturated rings. The van der Waals surface area contributed by atoms with Crippen LogP contribution in [0.2, 0.25) is 0 Å². The molecule has 0 spiro atoms. The number of primary amides is 1. The molecule has 0 aliphatic carbocycles. The van der Waals surface area contributed by atoms with E-state index in [0.29, 0.717) is 28.6 Å². The molecule has 3 heterocycles. The van der Waals surface area contributed by atoms with Gasteiger partial charge in [-0.3, -0.25) is 9.59 Å². The Balaban J connectivity index is 1.47. The van der Waals surface area contributed by atoms with Crippen LogP contribution in [0, 0.1) is 6.92 Å². The smallest absolute Gasteiger partial charge is 0.433 e. The van der Waals surface area contributed by atoms with Crippen molar-refractivity contribution in [3.05, 3.63) is 94.3 Å². The van der Waals surface area contributed by atoms with E-state index < -0.39 is 23.7 Å². The number of carbonyl (C=O) groups is 2. The topological polar surface area (TPSA) is 112 Å². The minimum atomic E-state index is -4.74. The number of nitrogens with zero attached hydrogens (tertiary/aromatic N) is 3. The molecule has 0 unspecified atom stereocenters. The van der Waals surface area contributed by atoms with Crippen molar-refractivity contribution in [1.82, 2.24) is 14.8 Å². The van der Waals surface area contributed by atoms with Gasteiger partial charge >= 0.3 is 6.18 Å². The van der Waals surface area contributed by atoms with Crippen LogP contribution in [-0.4, -0.2) is 26.6 Å². The normalized spacial score (nSPS) is 11.7. The molecule has 8 nitrogen and oxygen atoms in total. The molecule has 5 aromatic rings. The summed E-state index contributed by atoms with van der Waals surface area (Å²) < 4.78 is 48.4. The van der Waals surface area contributed by atoms with Crippen LogP contribution in [0.4, 0.5) is 18.9 Å². The predicted octanol–water partition coefficient (Wildman–Crippen LogP) is 7.00. The number of fused-ring (bicyclic) bond motifs is 1. The van der Waals surface area contributed by atoms with E-state index in [4.69, 9.17) is 10.5 Å². The number of aromatic nitrogens is 3. The molecule has 2 aromatic carbocycles. The molecule has 0 radical (unpaired) electrons. The van der Waals surface area contributed by atoms with Crippen molar-refractivity contribution in [3.63, 3.8) is 0 Å². The lowest BCUT2D eigenvalue weighted by Crippen LogP contribution is -2.18. The van der Waals surface area contributed by atoms with Crippen LogP contribution in [0.15, 0.2) is 66.9 Å². The van der Waals surface area contributed by atoms with Crippen molar-refractivity contribution < 1.29 is 27.5 Å². The molecule has 0 aliphatic rings. The van der Waals surface area contributed by atoms with E-state index in [1.807, 2.05) is 31.2 Å². The van der Waals surface area contributed by atoms with E-state index in [1.165, 1.54) is 16.3 Å². The number of thiophene rings is 1. The average molecular weight is 594 g/mol. The quantitative estimate of drug-likeness (QED) is 0.201. The number of benzene rings is 2. The summed E-state index contributed by atoms with van der Waals surface area (Å²) >= 11 is 0.679. The Hall–Kier alpha value is -4.71. The van der Waals surface area contributed by atoms with Gasteiger partial charge in [-0.05, 0) is 53.8 Å². The van der Waals surface area contributed by atoms with Crippen molar-refractivity contribution in [2.75, 3.05) is 5.32 Å². The second kappa shape index (κ2) is 11.3. The first-order valence-corrected chi connectivity index (χ1v) is 13.7. The molecule has 3 N–H and O–H groups in total.